The largest absolute Gasteiger partial charge is 0.367 e. The fourth-order valence-electron chi connectivity index (χ4n) is 2.64. The van der Waals surface area contributed by atoms with Crippen molar-refractivity contribution in [3.63, 3.8) is 0 Å². The Morgan fingerprint density at radius 3 is 2.50 bits per heavy atom. The van der Waals surface area contributed by atoms with Crippen molar-refractivity contribution < 1.29 is 8.42 Å². The monoisotopic (exact) mass is 296 g/mol. The summed E-state index contributed by atoms with van der Waals surface area (Å²) in [4.78, 5) is 2.76. The van der Waals surface area contributed by atoms with E-state index in [1.165, 1.54) is 19.1 Å². The first kappa shape index (κ1) is 15.3. The van der Waals surface area contributed by atoms with Crippen LogP contribution in [0.4, 0.5) is 5.69 Å². The molecule has 20 heavy (non-hydrogen) atoms. The Kier molecular flexibility index (Phi) is 4.70. The highest BCUT2D eigenvalue weighted by Crippen LogP contribution is 2.26. The third-order valence-corrected chi connectivity index (χ3v) is 4.86. The normalized spacial score (nSPS) is 19.8. The van der Waals surface area contributed by atoms with Crippen LogP contribution >= 0.6 is 0 Å². The lowest BCUT2D eigenvalue weighted by molar-refractivity contribution is 0.524. The molecule has 1 saturated heterocycles. The molecular weight excluding hydrogens is 272 g/mol. The van der Waals surface area contributed by atoms with E-state index >= 15 is 0 Å². The Balaban J connectivity index is 2.10. The standard InChI is InChI=1S/C15H24N2O2S/c1-12(2)16-11-14-5-4-10-17(14)13-6-8-15(9-7-13)20(3,18)19/h6-9,12,14,16H,4-5,10-11H2,1-3H3. The molecule has 0 spiro atoms. The van der Waals surface area contributed by atoms with Gasteiger partial charge >= 0.3 is 0 Å². The highest BCUT2D eigenvalue weighted by atomic mass is 32.2. The number of anilines is 1. The number of nitrogens with one attached hydrogen (secondary N) is 1. The summed E-state index contributed by atoms with van der Waals surface area (Å²) >= 11 is 0. The van der Waals surface area contributed by atoms with Gasteiger partial charge in [-0.05, 0) is 37.1 Å². The average Bonchev–Trinajstić information content (AvgIpc) is 2.83. The molecule has 112 valence electrons. The summed E-state index contributed by atoms with van der Waals surface area (Å²) in [6.07, 6.45) is 3.62. The van der Waals surface area contributed by atoms with E-state index in [0.717, 1.165) is 18.8 Å². The van der Waals surface area contributed by atoms with Gasteiger partial charge in [-0.1, -0.05) is 13.8 Å². The van der Waals surface area contributed by atoms with E-state index in [-0.39, 0.29) is 0 Å². The number of benzene rings is 1. The van der Waals surface area contributed by atoms with Crippen LogP contribution in [-0.4, -0.2) is 39.8 Å². The smallest absolute Gasteiger partial charge is 0.175 e. The molecule has 1 aliphatic rings. The number of hydrogen-bond acceptors (Lipinski definition) is 4. The minimum Gasteiger partial charge on any atom is -0.367 e. The molecule has 1 unspecified atom stereocenters. The molecule has 0 radical (unpaired) electrons. The number of rotatable bonds is 5. The first-order valence-electron chi connectivity index (χ1n) is 7.18. The van der Waals surface area contributed by atoms with Gasteiger partial charge in [0.05, 0.1) is 4.90 Å². The average molecular weight is 296 g/mol. The molecule has 1 heterocycles. The van der Waals surface area contributed by atoms with Gasteiger partial charge in [-0.2, -0.15) is 0 Å². The van der Waals surface area contributed by atoms with E-state index in [0.29, 0.717) is 17.0 Å². The Hall–Kier alpha value is -1.07. The zero-order chi connectivity index (χ0) is 14.8. The first-order valence-corrected chi connectivity index (χ1v) is 9.07. The molecule has 2 rings (SSSR count). The van der Waals surface area contributed by atoms with Crippen molar-refractivity contribution in [1.29, 1.82) is 0 Å². The third kappa shape index (κ3) is 3.73. The van der Waals surface area contributed by atoms with Gasteiger partial charge in [0.15, 0.2) is 9.84 Å². The predicted molar refractivity (Wildman–Crippen MR) is 83.1 cm³/mol. The molecular formula is C15H24N2O2S. The van der Waals surface area contributed by atoms with Crippen molar-refractivity contribution in [2.45, 2.75) is 43.7 Å². The fourth-order valence-corrected chi connectivity index (χ4v) is 3.27. The van der Waals surface area contributed by atoms with Crippen molar-refractivity contribution in [1.82, 2.24) is 5.32 Å². The van der Waals surface area contributed by atoms with Gasteiger partial charge in [-0.25, -0.2) is 8.42 Å². The summed E-state index contributed by atoms with van der Waals surface area (Å²) < 4.78 is 23.0. The van der Waals surface area contributed by atoms with Crippen LogP contribution in [-0.2, 0) is 9.84 Å². The Morgan fingerprint density at radius 1 is 1.30 bits per heavy atom. The van der Waals surface area contributed by atoms with E-state index in [9.17, 15) is 8.42 Å². The van der Waals surface area contributed by atoms with Crippen LogP contribution in [0, 0.1) is 0 Å². The molecule has 1 N–H and O–H groups in total. The molecule has 5 heteroatoms. The molecule has 0 saturated carbocycles. The maximum atomic E-state index is 11.5. The summed E-state index contributed by atoms with van der Waals surface area (Å²) in [5.41, 5.74) is 1.12. The van der Waals surface area contributed by atoms with Crippen molar-refractivity contribution >= 4 is 15.5 Å². The fraction of sp³-hybridized carbons (Fsp3) is 0.600. The summed E-state index contributed by atoms with van der Waals surface area (Å²) in [5, 5.41) is 3.49. The van der Waals surface area contributed by atoms with Crippen LogP contribution in [0.25, 0.3) is 0 Å². The zero-order valence-corrected chi connectivity index (χ0v) is 13.3. The summed E-state index contributed by atoms with van der Waals surface area (Å²) in [6, 6.07) is 8.24. The Labute approximate surface area is 122 Å². The lowest BCUT2D eigenvalue weighted by Crippen LogP contribution is -2.40. The molecule has 0 bridgehead atoms. The van der Waals surface area contributed by atoms with Crippen molar-refractivity contribution in [2.24, 2.45) is 0 Å². The van der Waals surface area contributed by atoms with Gasteiger partial charge in [-0.15, -0.1) is 0 Å². The van der Waals surface area contributed by atoms with E-state index in [1.54, 1.807) is 12.1 Å². The van der Waals surface area contributed by atoms with Crippen LogP contribution < -0.4 is 10.2 Å². The summed E-state index contributed by atoms with van der Waals surface area (Å²) in [7, 11) is -3.11. The lowest BCUT2D eigenvalue weighted by atomic mass is 10.2. The number of sulfone groups is 1. The highest BCUT2D eigenvalue weighted by Gasteiger charge is 2.24. The molecule has 0 aromatic heterocycles. The van der Waals surface area contributed by atoms with Gasteiger partial charge in [0.2, 0.25) is 0 Å². The minimum atomic E-state index is -3.11. The van der Waals surface area contributed by atoms with Crippen LogP contribution in [0.15, 0.2) is 29.2 Å². The zero-order valence-electron chi connectivity index (χ0n) is 12.5. The molecule has 1 atom stereocenters. The van der Waals surface area contributed by atoms with Crippen LogP contribution in [0.5, 0.6) is 0 Å². The first-order chi connectivity index (χ1) is 9.38. The second-order valence-corrected chi connectivity index (χ2v) is 7.83. The highest BCUT2D eigenvalue weighted by molar-refractivity contribution is 7.90. The molecule has 1 fully saturated rings. The topological polar surface area (TPSA) is 49.4 Å². The molecule has 0 amide bonds. The minimum absolute atomic E-state index is 0.386. The van der Waals surface area contributed by atoms with E-state index in [1.807, 2.05) is 12.1 Å². The van der Waals surface area contributed by atoms with Gasteiger partial charge < -0.3 is 10.2 Å². The lowest BCUT2D eigenvalue weighted by Gasteiger charge is -2.28. The van der Waals surface area contributed by atoms with Crippen molar-refractivity contribution in [2.75, 3.05) is 24.2 Å². The maximum absolute atomic E-state index is 11.5. The van der Waals surface area contributed by atoms with Crippen molar-refractivity contribution in [3.05, 3.63) is 24.3 Å². The Morgan fingerprint density at radius 2 is 1.95 bits per heavy atom. The SMILES string of the molecule is CC(C)NCC1CCCN1c1ccc(S(C)(=O)=O)cc1. The van der Waals surface area contributed by atoms with E-state index in [2.05, 4.69) is 24.1 Å². The van der Waals surface area contributed by atoms with Crippen molar-refractivity contribution in [3.8, 4) is 0 Å². The van der Waals surface area contributed by atoms with E-state index in [4.69, 9.17) is 0 Å². The molecule has 1 aromatic carbocycles. The van der Waals surface area contributed by atoms with Gasteiger partial charge in [0, 0.05) is 37.1 Å². The molecule has 1 aliphatic heterocycles. The molecule has 1 aromatic rings. The van der Waals surface area contributed by atoms with Crippen LogP contribution in [0.3, 0.4) is 0 Å². The number of nitrogens with zero attached hydrogens (tertiary/aromatic N) is 1. The quantitative estimate of drug-likeness (QED) is 0.903. The molecule has 4 nitrogen and oxygen atoms in total. The Bertz CT molecular complexity index is 537. The van der Waals surface area contributed by atoms with Crippen LogP contribution in [0.2, 0.25) is 0 Å². The summed E-state index contributed by atoms with van der Waals surface area (Å²) in [5.74, 6) is 0. The second kappa shape index (κ2) is 6.14. The predicted octanol–water partition coefficient (Wildman–Crippen LogP) is 2.06. The molecule has 0 aliphatic carbocycles. The van der Waals surface area contributed by atoms with Gasteiger partial charge in [-0.3, -0.25) is 0 Å². The van der Waals surface area contributed by atoms with Crippen LogP contribution in [0.1, 0.15) is 26.7 Å². The second-order valence-electron chi connectivity index (χ2n) is 5.82. The third-order valence-electron chi connectivity index (χ3n) is 3.74. The van der Waals surface area contributed by atoms with Gasteiger partial charge in [0.1, 0.15) is 0 Å². The van der Waals surface area contributed by atoms with E-state index < -0.39 is 9.84 Å². The number of hydrogen-bond donors (Lipinski definition) is 1. The maximum Gasteiger partial charge on any atom is 0.175 e. The van der Waals surface area contributed by atoms with Gasteiger partial charge in [0.25, 0.3) is 0 Å². The summed E-state index contributed by atoms with van der Waals surface area (Å²) in [6.45, 7) is 6.33.